The number of benzene rings is 1. The Morgan fingerprint density at radius 3 is 2.95 bits per heavy atom. The standard InChI is InChI=1S/C14H15N3O3/c1-3-4-9-13-15-12-8-6-5-7-11(12)14(19)17(13)16-20-10(2)18/h3,5-8,16H,1,4,9H2,2H3. The summed E-state index contributed by atoms with van der Waals surface area (Å²) in [6, 6.07) is 7.01. The van der Waals surface area contributed by atoms with E-state index in [-0.39, 0.29) is 5.56 Å². The Morgan fingerprint density at radius 2 is 2.25 bits per heavy atom. The van der Waals surface area contributed by atoms with E-state index in [4.69, 9.17) is 0 Å². The number of hydrogen-bond acceptors (Lipinski definition) is 5. The minimum atomic E-state index is -0.542. The molecule has 0 bridgehead atoms. The molecule has 1 aromatic carbocycles. The van der Waals surface area contributed by atoms with Crippen LogP contribution in [0.25, 0.3) is 10.9 Å². The fourth-order valence-electron chi connectivity index (χ4n) is 1.78. The molecule has 2 rings (SSSR count). The van der Waals surface area contributed by atoms with Crippen LogP contribution in [0.2, 0.25) is 0 Å². The normalized spacial score (nSPS) is 10.2. The molecule has 0 unspecified atom stereocenters. The number of aromatic nitrogens is 2. The molecule has 0 saturated heterocycles. The summed E-state index contributed by atoms with van der Waals surface area (Å²) >= 11 is 0. The van der Waals surface area contributed by atoms with E-state index in [9.17, 15) is 9.59 Å². The lowest BCUT2D eigenvalue weighted by atomic mass is 10.2. The maximum Gasteiger partial charge on any atom is 0.331 e. The van der Waals surface area contributed by atoms with Crippen LogP contribution in [0.5, 0.6) is 0 Å². The van der Waals surface area contributed by atoms with E-state index in [1.807, 2.05) is 6.07 Å². The average Bonchev–Trinajstić information content (AvgIpc) is 2.44. The number of allylic oxidation sites excluding steroid dienone is 1. The number of para-hydroxylation sites is 1. The molecule has 1 aromatic heterocycles. The second-order valence-corrected chi connectivity index (χ2v) is 4.20. The van der Waals surface area contributed by atoms with Crippen molar-refractivity contribution >= 4 is 16.9 Å². The van der Waals surface area contributed by atoms with Gasteiger partial charge in [-0.05, 0) is 18.6 Å². The molecule has 0 atom stereocenters. The number of nitrogens with one attached hydrogen (secondary N) is 1. The van der Waals surface area contributed by atoms with E-state index >= 15 is 0 Å². The van der Waals surface area contributed by atoms with Gasteiger partial charge < -0.3 is 4.84 Å². The van der Waals surface area contributed by atoms with Crippen LogP contribution in [0.15, 0.2) is 41.7 Å². The highest BCUT2D eigenvalue weighted by Gasteiger charge is 2.11. The van der Waals surface area contributed by atoms with Gasteiger partial charge in [-0.3, -0.25) is 4.79 Å². The molecule has 0 aliphatic carbocycles. The lowest BCUT2D eigenvalue weighted by Gasteiger charge is -2.13. The molecule has 1 N–H and O–H groups in total. The third-order valence-electron chi connectivity index (χ3n) is 2.70. The molecule has 0 aliphatic heterocycles. The lowest BCUT2D eigenvalue weighted by Crippen LogP contribution is -2.34. The number of hydrogen-bond donors (Lipinski definition) is 1. The molecule has 2 aromatic rings. The highest BCUT2D eigenvalue weighted by Crippen LogP contribution is 2.08. The number of carbonyl (C=O) groups excluding carboxylic acids is 1. The molecule has 0 fully saturated rings. The molecular formula is C14H15N3O3. The molecule has 0 saturated carbocycles. The van der Waals surface area contributed by atoms with Gasteiger partial charge in [0.2, 0.25) is 0 Å². The molecule has 6 heteroatoms. The predicted octanol–water partition coefficient (Wildman–Crippen LogP) is 1.54. The van der Waals surface area contributed by atoms with Gasteiger partial charge in [0.1, 0.15) is 5.82 Å². The number of nitrogens with zero attached hydrogens (tertiary/aromatic N) is 2. The van der Waals surface area contributed by atoms with Gasteiger partial charge in [-0.2, -0.15) is 4.68 Å². The minimum Gasteiger partial charge on any atom is -0.328 e. The Labute approximate surface area is 115 Å². The van der Waals surface area contributed by atoms with Crippen molar-refractivity contribution < 1.29 is 9.63 Å². The highest BCUT2D eigenvalue weighted by molar-refractivity contribution is 5.77. The fraction of sp³-hybridized carbons (Fsp3) is 0.214. The number of carbonyl (C=O) groups is 1. The second-order valence-electron chi connectivity index (χ2n) is 4.20. The first-order valence-electron chi connectivity index (χ1n) is 6.18. The SMILES string of the molecule is C=CCCc1nc2ccccc2c(=O)n1NOC(C)=O. The Hall–Kier alpha value is -2.63. The summed E-state index contributed by atoms with van der Waals surface area (Å²) in [4.78, 5) is 32.3. The van der Waals surface area contributed by atoms with Crippen molar-refractivity contribution in [2.24, 2.45) is 0 Å². The van der Waals surface area contributed by atoms with Crippen LogP contribution < -0.4 is 11.1 Å². The first-order valence-corrected chi connectivity index (χ1v) is 6.18. The van der Waals surface area contributed by atoms with Gasteiger partial charge >= 0.3 is 5.97 Å². The maximum absolute atomic E-state index is 12.4. The van der Waals surface area contributed by atoms with Crippen molar-refractivity contribution in [2.45, 2.75) is 19.8 Å². The smallest absolute Gasteiger partial charge is 0.328 e. The van der Waals surface area contributed by atoms with Gasteiger partial charge in [-0.25, -0.2) is 9.78 Å². The summed E-state index contributed by atoms with van der Waals surface area (Å²) in [5, 5.41) is 0.453. The van der Waals surface area contributed by atoms with Gasteiger partial charge in [0.25, 0.3) is 5.56 Å². The quantitative estimate of drug-likeness (QED) is 0.660. The summed E-state index contributed by atoms with van der Waals surface area (Å²) < 4.78 is 1.15. The lowest BCUT2D eigenvalue weighted by molar-refractivity contribution is -0.139. The van der Waals surface area contributed by atoms with Crippen molar-refractivity contribution in [1.29, 1.82) is 0 Å². The van der Waals surface area contributed by atoms with E-state index in [1.165, 1.54) is 6.92 Å². The third kappa shape index (κ3) is 2.85. The van der Waals surface area contributed by atoms with Crippen molar-refractivity contribution in [3.63, 3.8) is 0 Å². The van der Waals surface area contributed by atoms with Crippen molar-refractivity contribution in [3.05, 3.63) is 53.1 Å². The summed E-state index contributed by atoms with van der Waals surface area (Å²) in [5.74, 6) is -0.0606. The molecule has 1 heterocycles. The van der Waals surface area contributed by atoms with Gasteiger partial charge in [0, 0.05) is 13.3 Å². The summed E-state index contributed by atoms with van der Waals surface area (Å²) in [6.45, 7) is 4.89. The fourth-order valence-corrected chi connectivity index (χ4v) is 1.78. The summed E-state index contributed by atoms with van der Waals surface area (Å²) in [7, 11) is 0. The molecule has 0 aliphatic rings. The van der Waals surface area contributed by atoms with Gasteiger partial charge in [0.15, 0.2) is 0 Å². The number of rotatable bonds is 5. The largest absolute Gasteiger partial charge is 0.331 e. The first-order chi connectivity index (χ1) is 9.63. The van der Waals surface area contributed by atoms with Gasteiger partial charge in [-0.15, -0.1) is 12.2 Å². The monoisotopic (exact) mass is 273 g/mol. The van der Waals surface area contributed by atoms with E-state index in [0.29, 0.717) is 29.6 Å². The van der Waals surface area contributed by atoms with Crippen LogP contribution in [-0.2, 0) is 16.1 Å². The van der Waals surface area contributed by atoms with Crippen molar-refractivity contribution in [3.8, 4) is 0 Å². The third-order valence-corrected chi connectivity index (χ3v) is 2.70. The zero-order chi connectivity index (χ0) is 14.5. The van der Waals surface area contributed by atoms with Gasteiger partial charge in [-0.1, -0.05) is 18.2 Å². The molecular weight excluding hydrogens is 258 g/mol. The van der Waals surface area contributed by atoms with Crippen LogP contribution >= 0.6 is 0 Å². The molecule has 20 heavy (non-hydrogen) atoms. The Morgan fingerprint density at radius 1 is 1.50 bits per heavy atom. The van der Waals surface area contributed by atoms with E-state index in [0.717, 1.165) is 4.68 Å². The zero-order valence-corrected chi connectivity index (χ0v) is 11.1. The van der Waals surface area contributed by atoms with Gasteiger partial charge in [0.05, 0.1) is 10.9 Å². The molecule has 0 radical (unpaired) electrons. The van der Waals surface area contributed by atoms with E-state index in [2.05, 4.69) is 22.0 Å². The zero-order valence-electron chi connectivity index (χ0n) is 11.1. The minimum absolute atomic E-state index is 0.309. The van der Waals surface area contributed by atoms with Crippen LogP contribution in [0, 0.1) is 0 Å². The average molecular weight is 273 g/mol. The van der Waals surface area contributed by atoms with Crippen LogP contribution in [0.3, 0.4) is 0 Å². The van der Waals surface area contributed by atoms with Crippen molar-refractivity contribution in [1.82, 2.24) is 9.66 Å². The Bertz CT molecular complexity index is 706. The molecule has 0 spiro atoms. The topological polar surface area (TPSA) is 73.2 Å². The number of aryl methyl sites for hydroxylation is 1. The van der Waals surface area contributed by atoms with Crippen LogP contribution in [0.1, 0.15) is 19.2 Å². The molecule has 6 nitrogen and oxygen atoms in total. The number of fused-ring (bicyclic) bond motifs is 1. The van der Waals surface area contributed by atoms with E-state index in [1.54, 1.807) is 24.3 Å². The summed E-state index contributed by atoms with van der Waals surface area (Å²) in [6.07, 6.45) is 2.90. The first kappa shape index (κ1) is 13.8. The summed E-state index contributed by atoms with van der Waals surface area (Å²) in [5.41, 5.74) is 2.64. The molecule has 104 valence electrons. The molecule has 0 amide bonds. The van der Waals surface area contributed by atoms with Crippen LogP contribution in [0.4, 0.5) is 0 Å². The highest BCUT2D eigenvalue weighted by atomic mass is 16.7. The predicted molar refractivity (Wildman–Crippen MR) is 75.6 cm³/mol. The van der Waals surface area contributed by atoms with E-state index < -0.39 is 5.97 Å². The maximum atomic E-state index is 12.4. The van der Waals surface area contributed by atoms with Crippen molar-refractivity contribution in [2.75, 3.05) is 5.59 Å². The van der Waals surface area contributed by atoms with Crippen LogP contribution in [-0.4, -0.2) is 15.6 Å². The second kappa shape index (κ2) is 6.01. The Balaban J connectivity index is 2.53. The Kier molecular flexibility index (Phi) is 4.14.